The monoisotopic (exact) mass is 156 g/mol. The minimum atomic E-state index is -0.351. The molecule has 11 heavy (non-hydrogen) atoms. The van der Waals surface area contributed by atoms with Gasteiger partial charge in [0.1, 0.15) is 5.78 Å². The first-order valence-electron chi connectivity index (χ1n) is 4.43. The van der Waals surface area contributed by atoms with Gasteiger partial charge in [0.25, 0.3) is 0 Å². The highest BCUT2D eigenvalue weighted by atomic mass is 16.3. The Hall–Kier alpha value is -0.370. The number of hydrogen-bond donors (Lipinski definition) is 1. The largest absolute Gasteiger partial charge is 0.392 e. The first-order chi connectivity index (χ1) is 5.24. The van der Waals surface area contributed by atoms with Gasteiger partial charge < -0.3 is 5.11 Å². The van der Waals surface area contributed by atoms with Crippen LogP contribution in [0.3, 0.4) is 0 Å². The first kappa shape index (κ1) is 8.72. The minimum absolute atomic E-state index is 0.227. The minimum Gasteiger partial charge on any atom is -0.392 e. The Balaban J connectivity index is 2.37. The lowest BCUT2D eigenvalue weighted by molar-refractivity contribution is -0.124. The third-order valence-corrected chi connectivity index (χ3v) is 2.43. The third-order valence-electron chi connectivity index (χ3n) is 2.43. The summed E-state index contributed by atoms with van der Waals surface area (Å²) >= 11 is 0. The molecule has 2 unspecified atom stereocenters. The highest BCUT2D eigenvalue weighted by Crippen LogP contribution is 2.25. The second kappa shape index (κ2) is 3.86. The molecule has 0 aromatic rings. The Morgan fingerprint density at radius 1 is 1.64 bits per heavy atom. The Morgan fingerprint density at radius 2 is 2.36 bits per heavy atom. The summed E-state index contributed by atoms with van der Waals surface area (Å²) in [6, 6.07) is 0. The molecule has 1 N–H and O–H groups in total. The van der Waals surface area contributed by atoms with Crippen LogP contribution in [-0.4, -0.2) is 17.0 Å². The number of hydrogen-bond acceptors (Lipinski definition) is 2. The third kappa shape index (κ3) is 2.29. The average Bonchev–Trinajstić information content (AvgIpc) is 1.95. The smallest absolute Gasteiger partial charge is 0.135 e. The zero-order chi connectivity index (χ0) is 8.27. The van der Waals surface area contributed by atoms with E-state index in [0.29, 0.717) is 18.8 Å². The van der Waals surface area contributed by atoms with Crippen LogP contribution in [0, 0.1) is 5.92 Å². The lowest BCUT2D eigenvalue weighted by Gasteiger charge is -2.26. The summed E-state index contributed by atoms with van der Waals surface area (Å²) in [5.74, 6) is 0.613. The van der Waals surface area contributed by atoms with Crippen LogP contribution in [0.15, 0.2) is 0 Å². The molecular weight excluding hydrogens is 140 g/mol. The molecule has 64 valence electrons. The maximum atomic E-state index is 10.9. The van der Waals surface area contributed by atoms with Crippen molar-refractivity contribution in [2.45, 2.75) is 45.1 Å². The molecule has 0 heterocycles. The summed E-state index contributed by atoms with van der Waals surface area (Å²) in [4.78, 5) is 10.9. The van der Waals surface area contributed by atoms with Crippen LogP contribution >= 0.6 is 0 Å². The van der Waals surface area contributed by atoms with E-state index >= 15 is 0 Å². The normalized spacial score (nSPS) is 32.4. The van der Waals surface area contributed by atoms with Crippen molar-refractivity contribution in [1.29, 1.82) is 0 Å². The fourth-order valence-electron chi connectivity index (χ4n) is 1.75. The van der Waals surface area contributed by atoms with Crippen LogP contribution in [0.25, 0.3) is 0 Å². The van der Waals surface area contributed by atoms with E-state index in [1.807, 2.05) is 0 Å². The molecule has 0 radical (unpaired) electrons. The summed E-state index contributed by atoms with van der Waals surface area (Å²) < 4.78 is 0. The van der Waals surface area contributed by atoms with Crippen LogP contribution in [0.4, 0.5) is 0 Å². The number of carbonyl (C=O) groups excluding carboxylic acids is 1. The van der Waals surface area contributed by atoms with Crippen LogP contribution in [-0.2, 0) is 4.79 Å². The highest BCUT2D eigenvalue weighted by Gasteiger charge is 2.26. The Bertz CT molecular complexity index is 142. The Labute approximate surface area is 67.6 Å². The molecule has 0 aliphatic heterocycles. The average molecular weight is 156 g/mol. The number of aliphatic hydroxyl groups excluding tert-OH is 1. The maximum Gasteiger partial charge on any atom is 0.135 e. The molecule has 2 heteroatoms. The molecule has 0 spiro atoms. The van der Waals surface area contributed by atoms with E-state index in [2.05, 4.69) is 6.92 Å². The summed E-state index contributed by atoms with van der Waals surface area (Å²) in [7, 11) is 0. The van der Waals surface area contributed by atoms with E-state index in [1.165, 1.54) is 0 Å². The van der Waals surface area contributed by atoms with Gasteiger partial charge in [-0.15, -0.1) is 0 Å². The van der Waals surface area contributed by atoms with Gasteiger partial charge in [-0.1, -0.05) is 13.3 Å². The van der Waals surface area contributed by atoms with Gasteiger partial charge in [0, 0.05) is 12.8 Å². The molecule has 1 rings (SSSR count). The van der Waals surface area contributed by atoms with Gasteiger partial charge in [-0.3, -0.25) is 4.79 Å². The second-order valence-electron chi connectivity index (χ2n) is 3.40. The molecule has 1 saturated carbocycles. The summed E-state index contributed by atoms with van der Waals surface area (Å²) in [6.07, 6.45) is 3.79. The van der Waals surface area contributed by atoms with Crippen molar-refractivity contribution >= 4 is 5.78 Å². The Morgan fingerprint density at radius 3 is 2.91 bits per heavy atom. The summed E-state index contributed by atoms with van der Waals surface area (Å²) in [6.45, 7) is 2.11. The molecule has 2 nitrogen and oxygen atoms in total. The molecule has 0 saturated heterocycles. The predicted molar refractivity (Wildman–Crippen MR) is 43.3 cm³/mol. The van der Waals surface area contributed by atoms with Crippen molar-refractivity contribution in [3.8, 4) is 0 Å². The van der Waals surface area contributed by atoms with Crippen molar-refractivity contribution in [3.63, 3.8) is 0 Å². The second-order valence-corrected chi connectivity index (χ2v) is 3.40. The lowest BCUT2D eigenvalue weighted by atomic mass is 9.83. The van der Waals surface area contributed by atoms with Crippen molar-refractivity contribution in [2.24, 2.45) is 5.92 Å². The molecule has 1 aliphatic carbocycles. The molecule has 1 fully saturated rings. The Kier molecular flexibility index (Phi) is 3.06. The van der Waals surface area contributed by atoms with E-state index < -0.39 is 0 Å². The summed E-state index contributed by atoms with van der Waals surface area (Å²) in [5, 5.41) is 9.45. The fourth-order valence-corrected chi connectivity index (χ4v) is 1.75. The van der Waals surface area contributed by atoms with Crippen LogP contribution < -0.4 is 0 Å². The lowest BCUT2D eigenvalue weighted by Crippen LogP contribution is -2.29. The molecule has 0 bridgehead atoms. The zero-order valence-corrected chi connectivity index (χ0v) is 7.05. The van der Waals surface area contributed by atoms with E-state index in [1.54, 1.807) is 0 Å². The van der Waals surface area contributed by atoms with Gasteiger partial charge in [0.05, 0.1) is 6.10 Å². The van der Waals surface area contributed by atoms with Crippen molar-refractivity contribution in [1.82, 2.24) is 0 Å². The van der Waals surface area contributed by atoms with Gasteiger partial charge >= 0.3 is 0 Å². The van der Waals surface area contributed by atoms with Gasteiger partial charge in [-0.05, 0) is 18.8 Å². The number of Topliss-reactive ketones (excluding diaryl/α,β-unsaturated/α-hetero) is 1. The van der Waals surface area contributed by atoms with E-state index in [-0.39, 0.29) is 11.9 Å². The topological polar surface area (TPSA) is 37.3 Å². The molecule has 0 aromatic heterocycles. The molecule has 1 aliphatic rings. The van der Waals surface area contributed by atoms with Crippen molar-refractivity contribution in [2.75, 3.05) is 0 Å². The van der Waals surface area contributed by atoms with Crippen molar-refractivity contribution < 1.29 is 9.90 Å². The van der Waals surface area contributed by atoms with Crippen molar-refractivity contribution in [3.05, 3.63) is 0 Å². The number of aliphatic hydroxyl groups is 1. The number of carbonyl (C=O) groups is 1. The number of rotatable bonds is 2. The molecule has 0 aromatic carbocycles. The highest BCUT2D eigenvalue weighted by molar-refractivity contribution is 5.79. The SMILES string of the molecule is CCCC1CCC(=O)CC1O. The van der Waals surface area contributed by atoms with Gasteiger partial charge in [0.2, 0.25) is 0 Å². The first-order valence-corrected chi connectivity index (χ1v) is 4.43. The van der Waals surface area contributed by atoms with E-state index in [0.717, 1.165) is 19.3 Å². The fraction of sp³-hybridized carbons (Fsp3) is 0.889. The van der Waals surface area contributed by atoms with Gasteiger partial charge in [-0.25, -0.2) is 0 Å². The van der Waals surface area contributed by atoms with Crippen LogP contribution in [0.2, 0.25) is 0 Å². The zero-order valence-electron chi connectivity index (χ0n) is 7.05. The molecule has 2 atom stereocenters. The molecular formula is C9H16O2. The van der Waals surface area contributed by atoms with E-state index in [4.69, 9.17) is 0 Å². The summed E-state index contributed by atoms with van der Waals surface area (Å²) in [5.41, 5.74) is 0. The maximum absolute atomic E-state index is 10.9. The van der Waals surface area contributed by atoms with Crippen LogP contribution in [0.5, 0.6) is 0 Å². The standard InChI is InChI=1S/C9H16O2/c1-2-3-7-4-5-8(10)6-9(7)11/h7,9,11H,2-6H2,1H3. The number of ketones is 1. The van der Waals surface area contributed by atoms with Crippen LogP contribution in [0.1, 0.15) is 39.0 Å². The molecule has 0 amide bonds. The van der Waals surface area contributed by atoms with Gasteiger partial charge in [0.15, 0.2) is 0 Å². The van der Waals surface area contributed by atoms with Gasteiger partial charge in [-0.2, -0.15) is 0 Å². The quantitative estimate of drug-likeness (QED) is 0.658. The predicted octanol–water partition coefficient (Wildman–Crippen LogP) is 1.52. The van der Waals surface area contributed by atoms with E-state index in [9.17, 15) is 9.90 Å².